The van der Waals surface area contributed by atoms with E-state index in [1.807, 2.05) is 59.5 Å². The molecule has 0 saturated carbocycles. The number of hydrogen-bond donors (Lipinski definition) is 3. The van der Waals surface area contributed by atoms with Gasteiger partial charge in [-0.3, -0.25) is 9.69 Å². The van der Waals surface area contributed by atoms with Gasteiger partial charge in [-0.2, -0.15) is 0 Å². The van der Waals surface area contributed by atoms with Crippen LogP contribution < -0.4 is 10.6 Å². The van der Waals surface area contributed by atoms with E-state index in [-0.39, 0.29) is 31.3 Å². The summed E-state index contributed by atoms with van der Waals surface area (Å²) in [5, 5.41) is 17.5. The Morgan fingerprint density at radius 3 is 2.33 bits per heavy atom. The van der Waals surface area contributed by atoms with Gasteiger partial charge in [-0.15, -0.1) is 11.3 Å². The summed E-state index contributed by atoms with van der Waals surface area (Å²) < 4.78 is 5.57. The third-order valence-corrected chi connectivity index (χ3v) is 8.72. The third kappa shape index (κ3) is 5.63. The van der Waals surface area contributed by atoms with Gasteiger partial charge >= 0.3 is 12.1 Å². The van der Waals surface area contributed by atoms with E-state index in [2.05, 4.69) is 39.9 Å². The number of rotatable bonds is 9. The highest BCUT2D eigenvalue weighted by atomic mass is 32.1. The second-order valence-corrected chi connectivity index (χ2v) is 11.5. The van der Waals surface area contributed by atoms with Crippen LogP contribution in [0.1, 0.15) is 44.5 Å². The lowest BCUT2D eigenvalue weighted by Gasteiger charge is -2.26. The van der Waals surface area contributed by atoms with Crippen molar-refractivity contribution in [2.75, 3.05) is 19.7 Å². The Hall–Kier alpha value is -4.54. The minimum atomic E-state index is -1.39. The summed E-state index contributed by atoms with van der Waals surface area (Å²) in [6.45, 7) is 1.64. The van der Waals surface area contributed by atoms with Crippen molar-refractivity contribution in [2.24, 2.45) is 0 Å². The molecule has 3 N–H and O–H groups in total. The summed E-state index contributed by atoms with van der Waals surface area (Å²) in [4.78, 5) is 44.2. The number of thiazole rings is 1. The predicted octanol–water partition coefficient (Wildman–Crippen LogP) is 4.64. The van der Waals surface area contributed by atoms with Crippen LogP contribution in [-0.2, 0) is 22.6 Å². The Morgan fingerprint density at radius 2 is 1.64 bits per heavy atom. The normalized spacial score (nSPS) is 17.8. The van der Waals surface area contributed by atoms with Gasteiger partial charge in [-0.05, 0) is 34.2 Å². The molecule has 1 aromatic heterocycles. The van der Waals surface area contributed by atoms with Gasteiger partial charge in [0.1, 0.15) is 17.3 Å². The van der Waals surface area contributed by atoms with E-state index in [1.54, 1.807) is 5.38 Å². The number of alkyl carbamates (subject to hydrolysis) is 1. The molecule has 0 bridgehead atoms. The first-order valence-electron chi connectivity index (χ1n) is 13.8. The van der Waals surface area contributed by atoms with E-state index in [0.717, 1.165) is 27.8 Å². The summed E-state index contributed by atoms with van der Waals surface area (Å²) in [5.41, 5.74) is 4.38. The van der Waals surface area contributed by atoms with Crippen LogP contribution >= 0.6 is 11.3 Å². The minimum absolute atomic E-state index is 0.0425. The maximum absolute atomic E-state index is 13.0. The van der Waals surface area contributed by atoms with Crippen molar-refractivity contribution in [3.05, 3.63) is 112 Å². The number of carboxylic acid groups (broad SMARTS) is 1. The maximum atomic E-state index is 13.0. The highest BCUT2D eigenvalue weighted by Crippen LogP contribution is 2.44. The SMILES string of the molecule is O=C(NCc1nc(C(=O)NC2(C(=O)O)CCN(Cc3ccccc3)C2)cs1)OCC1c2ccccc2-c2ccccc21. The fraction of sp³-hybridized carbons (Fsp3) is 0.250. The van der Waals surface area contributed by atoms with Crippen molar-refractivity contribution < 1.29 is 24.2 Å². The molecule has 214 valence electrons. The Labute approximate surface area is 247 Å². The number of aromatic nitrogens is 1. The van der Waals surface area contributed by atoms with Gasteiger partial charge < -0.3 is 20.5 Å². The Bertz CT molecular complexity index is 1580. The van der Waals surface area contributed by atoms with Gasteiger partial charge in [0.15, 0.2) is 5.54 Å². The molecule has 0 radical (unpaired) electrons. The van der Waals surface area contributed by atoms with Crippen LogP contribution in [0.5, 0.6) is 0 Å². The number of nitrogens with zero attached hydrogens (tertiary/aromatic N) is 2. The molecule has 0 spiro atoms. The van der Waals surface area contributed by atoms with Gasteiger partial charge in [0.25, 0.3) is 5.91 Å². The molecule has 3 aromatic carbocycles. The van der Waals surface area contributed by atoms with Crippen LogP contribution in [-0.4, -0.2) is 58.2 Å². The highest BCUT2D eigenvalue weighted by Gasteiger charge is 2.46. The number of fused-ring (bicyclic) bond motifs is 3. The average Bonchev–Trinajstić information content (AvgIpc) is 3.72. The van der Waals surface area contributed by atoms with E-state index in [4.69, 9.17) is 4.74 Å². The van der Waals surface area contributed by atoms with Crippen LogP contribution in [0.2, 0.25) is 0 Å². The number of amides is 2. The average molecular weight is 583 g/mol. The van der Waals surface area contributed by atoms with E-state index in [9.17, 15) is 19.5 Å². The van der Waals surface area contributed by atoms with Crippen LogP contribution in [0.3, 0.4) is 0 Å². The van der Waals surface area contributed by atoms with Gasteiger partial charge in [-0.1, -0.05) is 78.9 Å². The lowest BCUT2D eigenvalue weighted by molar-refractivity contribution is -0.144. The van der Waals surface area contributed by atoms with Crippen molar-refractivity contribution >= 4 is 29.3 Å². The number of carbonyl (C=O) groups is 3. The Balaban J connectivity index is 1.02. The largest absolute Gasteiger partial charge is 0.479 e. The molecule has 6 rings (SSSR count). The quantitative estimate of drug-likeness (QED) is 0.263. The summed E-state index contributed by atoms with van der Waals surface area (Å²) in [5.74, 6) is -1.67. The number of hydrogen-bond acceptors (Lipinski definition) is 7. The number of nitrogens with one attached hydrogen (secondary N) is 2. The number of carbonyl (C=O) groups excluding carboxylic acids is 2. The smallest absolute Gasteiger partial charge is 0.407 e. The number of carboxylic acids is 1. The van der Waals surface area contributed by atoms with Gasteiger partial charge in [0.2, 0.25) is 0 Å². The van der Waals surface area contributed by atoms with Crippen molar-refractivity contribution in [1.29, 1.82) is 0 Å². The van der Waals surface area contributed by atoms with Gasteiger partial charge in [-0.25, -0.2) is 14.6 Å². The van der Waals surface area contributed by atoms with Crippen LogP contribution in [0, 0.1) is 0 Å². The summed E-state index contributed by atoms with van der Waals surface area (Å²) >= 11 is 1.21. The molecule has 1 atom stereocenters. The molecule has 2 amide bonds. The first-order valence-corrected chi connectivity index (χ1v) is 14.7. The molecule has 1 aliphatic carbocycles. The zero-order valence-corrected chi connectivity index (χ0v) is 23.6. The van der Waals surface area contributed by atoms with Gasteiger partial charge in [0.05, 0.1) is 6.54 Å². The van der Waals surface area contributed by atoms with E-state index < -0.39 is 23.5 Å². The molecule has 4 aromatic rings. The Kier molecular flexibility index (Phi) is 7.73. The fourth-order valence-corrected chi connectivity index (χ4v) is 6.48. The second-order valence-electron chi connectivity index (χ2n) is 10.6. The molecule has 1 saturated heterocycles. The molecule has 1 aliphatic heterocycles. The Morgan fingerprint density at radius 1 is 0.976 bits per heavy atom. The topological polar surface area (TPSA) is 121 Å². The molecule has 2 aliphatic rings. The first kappa shape index (κ1) is 27.6. The molecule has 1 fully saturated rings. The number of ether oxygens (including phenoxy) is 1. The van der Waals surface area contributed by atoms with Crippen molar-refractivity contribution in [2.45, 2.75) is 31.0 Å². The zero-order valence-electron chi connectivity index (χ0n) is 22.8. The summed E-state index contributed by atoms with van der Waals surface area (Å²) in [6.07, 6.45) is -0.284. The molecular weight excluding hydrogens is 552 g/mol. The monoisotopic (exact) mass is 582 g/mol. The molecule has 10 heteroatoms. The van der Waals surface area contributed by atoms with Crippen LogP contribution in [0.15, 0.2) is 84.2 Å². The highest BCUT2D eigenvalue weighted by molar-refractivity contribution is 7.09. The number of aliphatic carboxylic acids is 1. The standard InChI is InChI=1S/C32H30N4O5S/c37-29(35-32(30(38)39)14-15-36(20-32)17-21-8-2-1-3-9-21)27-19-42-28(34-27)16-33-31(40)41-18-26-24-12-6-4-10-22(24)23-11-5-7-13-25(23)26/h1-13,19,26H,14-18,20H2,(H,33,40)(H,35,37)(H,38,39). The third-order valence-electron chi connectivity index (χ3n) is 7.87. The fourth-order valence-electron chi connectivity index (χ4n) is 5.77. The lowest BCUT2D eigenvalue weighted by atomic mass is 9.98. The minimum Gasteiger partial charge on any atom is -0.479 e. The second kappa shape index (κ2) is 11.8. The number of likely N-dealkylation sites (tertiary alicyclic amines) is 1. The van der Waals surface area contributed by atoms with Crippen molar-refractivity contribution in [1.82, 2.24) is 20.5 Å². The summed E-state index contributed by atoms with van der Waals surface area (Å²) in [7, 11) is 0. The maximum Gasteiger partial charge on any atom is 0.407 e. The molecule has 9 nitrogen and oxygen atoms in total. The first-order chi connectivity index (χ1) is 20.4. The lowest BCUT2D eigenvalue weighted by Crippen LogP contribution is -2.56. The van der Waals surface area contributed by atoms with Crippen LogP contribution in [0.25, 0.3) is 11.1 Å². The van der Waals surface area contributed by atoms with E-state index in [1.165, 1.54) is 11.3 Å². The predicted molar refractivity (Wildman–Crippen MR) is 158 cm³/mol. The molecule has 42 heavy (non-hydrogen) atoms. The zero-order chi connectivity index (χ0) is 29.1. The molecule has 2 heterocycles. The van der Waals surface area contributed by atoms with E-state index >= 15 is 0 Å². The van der Waals surface area contributed by atoms with Gasteiger partial charge in [0, 0.05) is 30.9 Å². The van der Waals surface area contributed by atoms with Crippen molar-refractivity contribution in [3.63, 3.8) is 0 Å². The number of benzene rings is 3. The van der Waals surface area contributed by atoms with E-state index in [0.29, 0.717) is 24.5 Å². The molecule has 1 unspecified atom stereocenters. The summed E-state index contributed by atoms with van der Waals surface area (Å²) in [6, 6.07) is 26.1. The van der Waals surface area contributed by atoms with Crippen molar-refractivity contribution in [3.8, 4) is 11.1 Å². The van der Waals surface area contributed by atoms with Crippen LogP contribution in [0.4, 0.5) is 4.79 Å². The molecular formula is C32H30N4O5S.